The van der Waals surface area contributed by atoms with Gasteiger partial charge in [-0.25, -0.2) is 9.59 Å². The number of carboxylic acids is 2. The number of amides is 2. The molecule has 10 nitrogen and oxygen atoms in total. The molecule has 0 atom stereocenters. The Bertz CT molecular complexity index is 1000. The zero-order valence-corrected chi connectivity index (χ0v) is 18.2. The summed E-state index contributed by atoms with van der Waals surface area (Å²) in [6, 6.07) is 12.4. The predicted octanol–water partition coefficient (Wildman–Crippen LogP) is 2.27. The highest BCUT2D eigenvalue weighted by Gasteiger charge is 2.07. The Morgan fingerprint density at radius 2 is 0.912 bits per heavy atom. The molecule has 34 heavy (non-hydrogen) atoms. The number of hydrogen-bond donors (Lipinski definition) is 4. The van der Waals surface area contributed by atoms with Crippen molar-refractivity contribution >= 4 is 23.8 Å². The number of nitrogens with zero attached hydrogens (tertiary/aromatic N) is 2. The molecule has 0 fully saturated rings. The Morgan fingerprint density at radius 1 is 0.588 bits per heavy atom. The van der Waals surface area contributed by atoms with Crippen LogP contribution in [0.3, 0.4) is 0 Å². The van der Waals surface area contributed by atoms with Gasteiger partial charge in [-0.3, -0.25) is 19.6 Å². The minimum absolute atomic E-state index is 0.0833. The van der Waals surface area contributed by atoms with Crippen molar-refractivity contribution in [3.8, 4) is 0 Å². The number of nitrogens with one attached hydrogen (secondary N) is 2. The summed E-state index contributed by atoms with van der Waals surface area (Å²) in [4.78, 5) is 51.8. The van der Waals surface area contributed by atoms with Crippen LogP contribution in [0.5, 0.6) is 0 Å². The molecule has 2 amide bonds. The second kappa shape index (κ2) is 13.7. The van der Waals surface area contributed by atoms with Gasteiger partial charge >= 0.3 is 11.9 Å². The van der Waals surface area contributed by atoms with Gasteiger partial charge in [0.25, 0.3) is 0 Å². The lowest BCUT2D eigenvalue weighted by atomic mass is 10.1. The Kier molecular flexibility index (Phi) is 10.4. The van der Waals surface area contributed by atoms with Gasteiger partial charge in [0.1, 0.15) is 0 Å². The normalized spacial score (nSPS) is 9.76. The van der Waals surface area contributed by atoms with Crippen LogP contribution in [-0.2, 0) is 22.7 Å². The van der Waals surface area contributed by atoms with E-state index < -0.39 is 11.9 Å². The first-order valence-electron chi connectivity index (χ1n) is 10.2. The predicted molar refractivity (Wildman–Crippen MR) is 122 cm³/mol. The fourth-order valence-electron chi connectivity index (χ4n) is 2.56. The van der Waals surface area contributed by atoms with E-state index in [1.54, 1.807) is 24.8 Å². The molecular weight excluding hydrogens is 440 g/mol. The molecule has 1 aromatic carbocycles. The van der Waals surface area contributed by atoms with E-state index in [9.17, 15) is 19.2 Å². The number of hydrogen-bond acceptors (Lipinski definition) is 6. The summed E-state index contributed by atoms with van der Waals surface area (Å²) in [7, 11) is 0. The second-order valence-electron chi connectivity index (χ2n) is 6.95. The van der Waals surface area contributed by atoms with Crippen LogP contribution < -0.4 is 10.6 Å². The molecular formula is C24H24N4O6. The molecule has 0 unspecified atom stereocenters. The molecule has 0 aliphatic carbocycles. The van der Waals surface area contributed by atoms with Gasteiger partial charge in [-0.05, 0) is 59.7 Å². The smallest absolute Gasteiger partial charge is 0.335 e. The molecule has 0 aliphatic rings. The second-order valence-corrected chi connectivity index (χ2v) is 6.95. The minimum Gasteiger partial charge on any atom is -0.478 e. The Labute approximate surface area is 195 Å². The lowest BCUT2D eigenvalue weighted by molar-refractivity contribution is -0.126. The summed E-state index contributed by atoms with van der Waals surface area (Å²) in [6.07, 6.45) is 7.05. The van der Waals surface area contributed by atoms with E-state index in [2.05, 4.69) is 20.6 Å². The van der Waals surface area contributed by atoms with Gasteiger partial charge in [0.05, 0.1) is 11.1 Å². The molecule has 0 saturated carbocycles. The van der Waals surface area contributed by atoms with E-state index in [0.29, 0.717) is 13.1 Å². The monoisotopic (exact) mass is 464 g/mol. The van der Waals surface area contributed by atoms with Gasteiger partial charge in [-0.1, -0.05) is 0 Å². The summed E-state index contributed by atoms with van der Waals surface area (Å²) >= 11 is 0. The quantitative estimate of drug-likeness (QED) is 0.375. The van der Waals surface area contributed by atoms with Gasteiger partial charge in [-0.2, -0.15) is 0 Å². The average molecular weight is 464 g/mol. The van der Waals surface area contributed by atoms with Gasteiger partial charge < -0.3 is 20.8 Å². The zero-order valence-electron chi connectivity index (χ0n) is 18.2. The Balaban J connectivity index is 0.000000287. The van der Waals surface area contributed by atoms with Crippen molar-refractivity contribution in [2.24, 2.45) is 0 Å². The summed E-state index contributed by atoms with van der Waals surface area (Å²) < 4.78 is 0. The number of pyridine rings is 2. The third kappa shape index (κ3) is 9.69. The van der Waals surface area contributed by atoms with E-state index in [1.807, 2.05) is 24.3 Å². The molecule has 176 valence electrons. The van der Waals surface area contributed by atoms with E-state index in [-0.39, 0.29) is 35.8 Å². The van der Waals surface area contributed by atoms with Crippen molar-refractivity contribution in [2.45, 2.75) is 25.9 Å². The highest BCUT2D eigenvalue weighted by atomic mass is 16.4. The van der Waals surface area contributed by atoms with E-state index >= 15 is 0 Å². The number of benzene rings is 1. The van der Waals surface area contributed by atoms with E-state index in [0.717, 1.165) is 11.1 Å². The maximum absolute atomic E-state index is 11.7. The maximum atomic E-state index is 11.7. The fraction of sp³-hybridized carbons (Fsp3) is 0.167. The van der Waals surface area contributed by atoms with Gasteiger partial charge in [0.2, 0.25) is 11.8 Å². The fourth-order valence-corrected chi connectivity index (χ4v) is 2.56. The zero-order chi connectivity index (χ0) is 24.8. The SMILES string of the molecule is O=C(CCC(=O)NCc1ccncc1)NCc1ccncc1.O=C(O)c1ccc(C(=O)O)cc1. The number of carboxylic acid groups (broad SMARTS) is 2. The first kappa shape index (κ1) is 25.7. The highest BCUT2D eigenvalue weighted by molar-refractivity contribution is 5.91. The number of carbonyl (C=O) groups excluding carboxylic acids is 2. The Hall–Kier alpha value is -4.60. The summed E-state index contributed by atoms with van der Waals surface area (Å²) in [5.41, 5.74) is 2.12. The topological polar surface area (TPSA) is 159 Å². The van der Waals surface area contributed by atoms with Crippen molar-refractivity contribution in [1.29, 1.82) is 0 Å². The van der Waals surface area contributed by atoms with Gasteiger partial charge in [-0.15, -0.1) is 0 Å². The summed E-state index contributed by atoms with van der Waals surface area (Å²) in [5, 5.41) is 22.5. The van der Waals surface area contributed by atoms with Crippen LogP contribution in [0.1, 0.15) is 44.7 Å². The minimum atomic E-state index is -1.06. The standard InChI is InChI=1S/C16H18N4O2.C8H6O4/c21-15(19-11-13-3-7-17-8-4-13)1-2-16(22)20-12-14-5-9-18-10-6-14;9-7(10)5-1-2-6(4-3-5)8(11)12/h3-10H,1-2,11-12H2,(H,19,21)(H,20,22);1-4H,(H,9,10)(H,11,12). The third-order valence-corrected chi connectivity index (χ3v) is 4.44. The van der Waals surface area contributed by atoms with Crippen molar-refractivity contribution in [1.82, 2.24) is 20.6 Å². The van der Waals surface area contributed by atoms with Crippen LogP contribution >= 0.6 is 0 Å². The summed E-state index contributed by atoms with van der Waals surface area (Å²) in [5.74, 6) is -2.41. The van der Waals surface area contributed by atoms with Crippen LogP contribution in [0.4, 0.5) is 0 Å². The first-order valence-corrected chi connectivity index (χ1v) is 10.2. The third-order valence-electron chi connectivity index (χ3n) is 4.44. The van der Waals surface area contributed by atoms with Crippen molar-refractivity contribution < 1.29 is 29.4 Å². The van der Waals surface area contributed by atoms with Crippen LogP contribution in [-0.4, -0.2) is 43.9 Å². The molecule has 0 radical (unpaired) electrons. The molecule has 2 aromatic heterocycles. The number of rotatable bonds is 9. The largest absolute Gasteiger partial charge is 0.478 e. The molecule has 0 bridgehead atoms. The average Bonchev–Trinajstić information content (AvgIpc) is 2.86. The molecule has 2 heterocycles. The number of carbonyl (C=O) groups is 4. The Morgan fingerprint density at radius 3 is 1.21 bits per heavy atom. The van der Waals surface area contributed by atoms with Crippen molar-refractivity contribution in [2.75, 3.05) is 0 Å². The van der Waals surface area contributed by atoms with Crippen LogP contribution in [0, 0.1) is 0 Å². The van der Waals surface area contributed by atoms with E-state index in [4.69, 9.17) is 10.2 Å². The van der Waals surface area contributed by atoms with Crippen LogP contribution in [0.15, 0.2) is 73.3 Å². The molecule has 0 saturated heterocycles. The van der Waals surface area contributed by atoms with Crippen molar-refractivity contribution in [3.63, 3.8) is 0 Å². The molecule has 0 spiro atoms. The summed E-state index contributed by atoms with van der Waals surface area (Å²) in [6.45, 7) is 0.889. The van der Waals surface area contributed by atoms with Crippen LogP contribution in [0.2, 0.25) is 0 Å². The molecule has 0 aliphatic heterocycles. The molecule has 4 N–H and O–H groups in total. The molecule has 3 aromatic rings. The van der Waals surface area contributed by atoms with E-state index in [1.165, 1.54) is 24.3 Å². The molecule has 3 rings (SSSR count). The highest BCUT2D eigenvalue weighted by Crippen LogP contribution is 2.04. The maximum Gasteiger partial charge on any atom is 0.335 e. The van der Waals surface area contributed by atoms with Crippen LogP contribution in [0.25, 0.3) is 0 Å². The van der Waals surface area contributed by atoms with Gasteiger partial charge in [0.15, 0.2) is 0 Å². The number of aromatic nitrogens is 2. The lowest BCUT2D eigenvalue weighted by Gasteiger charge is -2.06. The molecule has 10 heteroatoms. The lowest BCUT2D eigenvalue weighted by Crippen LogP contribution is -2.27. The van der Waals surface area contributed by atoms with Gasteiger partial charge in [0, 0.05) is 50.7 Å². The first-order chi connectivity index (χ1) is 16.3. The number of aromatic carboxylic acids is 2. The van der Waals surface area contributed by atoms with Crippen molar-refractivity contribution in [3.05, 3.63) is 95.6 Å².